The first-order valence-electron chi connectivity index (χ1n) is 7.84. The van der Waals surface area contributed by atoms with Crippen LogP contribution in [0, 0.1) is 6.92 Å². The Balaban J connectivity index is 2.51. The van der Waals surface area contributed by atoms with E-state index in [1.807, 2.05) is 13.8 Å². The minimum atomic E-state index is -4.05. The monoisotopic (exact) mass is 363 g/mol. The van der Waals surface area contributed by atoms with Crippen LogP contribution in [0.2, 0.25) is 0 Å². The van der Waals surface area contributed by atoms with E-state index >= 15 is 0 Å². The maximum atomic E-state index is 13.1. The average molecular weight is 363 g/mol. The standard InChI is InChI=1S/C18H21NO5S/c1-4-24-16-9-11-17(12-10-16)25(22,23)19(14(3)18(20)21)15-7-5-13(2)6-8-15/h5-12,14H,4H2,1-3H3,(H,20,21). The summed E-state index contributed by atoms with van der Waals surface area (Å²) in [4.78, 5) is 11.5. The molecule has 0 radical (unpaired) electrons. The number of anilines is 1. The van der Waals surface area contributed by atoms with Crippen molar-refractivity contribution in [3.63, 3.8) is 0 Å². The number of carbonyl (C=O) groups is 1. The molecular weight excluding hydrogens is 342 g/mol. The molecule has 1 atom stereocenters. The molecule has 0 bridgehead atoms. The van der Waals surface area contributed by atoms with Gasteiger partial charge in [0.1, 0.15) is 11.8 Å². The second-order valence-electron chi connectivity index (χ2n) is 5.56. The van der Waals surface area contributed by atoms with E-state index in [2.05, 4.69) is 0 Å². The third kappa shape index (κ3) is 4.11. The fourth-order valence-corrected chi connectivity index (χ4v) is 3.96. The van der Waals surface area contributed by atoms with Crippen LogP contribution in [0.1, 0.15) is 19.4 Å². The van der Waals surface area contributed by atoms with Crippen LogP contribution in [0.5, 0.6) is 5.75 Å². The van der Waals surface area contributed by atoms with E-state index < -0.39 is 22.0 Å². The van der Waals surface area contributed by atoms with Crippen LogP contribution in [0.15, 0.2) is 53.4 Å². The topological polar surface area (TPSA) is 83.9 Å². The lowest BCUT2D eigenvalue weighted by Crippen LogP contribution is -2.43. The fraction of sp³-hybridized carbons (Fsp3) is 0.278. The summed E-state index contributed by atoms with van der Waals surface area (Å²) in [5.74, 6) is -0.676. The number of hydrogen-bond donors (Lipinski definition) is 1. The van der Waals surface area contributed by atoms with Gasteiger partial charge in [-0.1, -0.05) is 17.7 Å². The highest BCUT2D eigenvalue weighted by molar-refractivity contribution is 7.92. The molecule has 0 saturated carbocycles. The number of aryl methyl sites for hydroxylation is 1. The normalized spacial score (nSPS) is 12.4. The van der Waals surface area contributed by atoms with Crippen molar-refractivity contribution in [1.82, 2.24) is 0 Å². The van der Waals surface area contributed by atoms with Crippen LogP contribution in [-0.4, -0.2) is 32.1 Å². The summed E-state index contributed by atoms with van der Waals surface area (Å²) in [6, 6.07) is 11.4. The molecule has 2 rings (SSSR count). The molecule has 0 aliphatic heterocycles. The quantitative estimate of drug-likeness (QED) is 0.817. The lowest BCUT2D eigenvalue weighted by atomic mass is 10.2. The van der Waals surface area contributed by atoms with Gasteiger partial charge < -0.3 is 9.84 Å². The number of hydrogen-bond acceptors (Lipinski definition) is 4. The number of rotatable bonds is 7. The third-order valence-corrected chi connectivity index (χ3v) is 5.60. The summed E-state index contributed by atoms with van der Waals surface area (Å²) in [6.45, 7) is 5.51. The molecule has 134 valence electrons. The molecule has 0 aromatic heterocycles. The molecule has 0 aliphatic rings. The van der Waals surface area contributed by atoms with Crippen LogP contribution in [0.25, 0.3) is 0 Å². The number of carboxylic acids is 1. The Morgan fingerprint density at radius 1 is 1.12 bits per heavy atom. The Hall–Kier alpha value is -2.54. The van der Waals surface area contributed by atoms with Gasteiger partial charge in [0.25, 0.3) is 10.0 Å². The van der Waals surface area contributed by atoms with E-state index in [1.165, 1.54) is 19.1 Å². The minimum Gasteiger partial charge on any atom is -0.494 e. The molecule has 1 N–H and O–H groups in total. The van der Waals surface area contributed by atoms with Crippen molar-refractivity contribution in [3.8, 4) is 5.75 Å². The number of sulfonamides is 1. The molecule has 2 aromatic rings. The predicted molar refractivity (Wildman–Crippen MR) is 95.6 cm³/mol. The van der Waals surface area contributed by atoms with Crippen LogP contribution in [0.4, 0.5) is 5.69 Å². The van der Waals surface area contributed by atoms with Crippen molar-refractivity contribution in [2.24, 2.45) is 0 Å². The summed E-state index contributed by atoms with van der Waals surface area (Å²) in [7, 11) is -4.05. The minimum absolute atomic E-state index is 0.00429. The summed E-state index contributed by atoms with van der Waals surface area (Å²) in [5.41, 5.74) is 1.25. The van der Waals surface area contributed by atoms with E-state index in [4.69, 9.17) is 4.74 Å². The van der Waals surface area contributed by atoms with Crippen LogP contribution < -0.4 is 9.04 Å². The number of nitrogens with zero attached hydrogens (tertiary/aromatic N) is 1. The number of benzene rings is 2. The summed E-state index contributed by atoms with van der Waals surface area (Å²) >= 11 is 0. The summed E-state index contributed by atoms with van der Waals surface area (Å²) in [6.07, 6.45) is 0. The molecule has 1 unspecified atom stereocenters. The van der Waals surface area contributed by atoms with E-state index in [9.17, 15) is 18.3 Å². The molecule has 0 aliphatic carbocycles. The van der Waals surface area contributed by atoms with E-state index in [0.29, 0.717) is 18.0 Å². The van der Waals surface area contributed by atoms with Crippen LogP contribution in [0.3, 0.4) is 0 Å². The maximum Gasteiger partial charge on any atom is 0.327 e. The van der Waals surface area contributed by atoms with Gasteiger partial charge >= 0.3 is 5.97 Å². The van der Waals surface area contributed by atoms with Gasteiger partial charge in [0.15, 0.2) is 0 Å². The van der Waals surface area contributed by atoms with Crippen molar-refractivity contribution < 1.29 is 23.1 Å². The highest BCUT2D eigenvalue weighted by Gasteiger charge is 2.33. The summed E-state index contributed by atoms with van der Waals surface area (Å²) in [5, 5.41) is 9.37. The predicted octanol–water partition coefficient (Wildman–Crippen LogP) is 3.06. The first-order chi connectivity index (χ1) is 11.8. The second kappa shape index (κ2) is 7.57. The Bertz CT molecular complexity index is 829. The van der Waals surface area contributed by atoms with Gasteiger partial charge in [-0.2, -0.15) is 0 Å². The molecule has 25 heavy (non-hydrogen) atoms. The lowest BCUT2D eigenvalue weighted by molar-refractivity contribution is -0.137. The van der Waals surface area contributed by atoms with E-state index in [0.717, 1.165) is 9.87 Å². The zero-order valence-electron chi connectivity index (χ0n) is 14.3. The molecule has 0 heterocycles. The molecule has 0 fully saturated rings. The van der Waals surface area contributed by atoms with Gasteiger partial charge in [-0.15, -0.1) is 0 Å². The highest BCUT2D eigenvalue weighted by Crippen LogP contribution is 2.27. The van der Waals surface area contributed by atoms with Crippen LogP contribution in [-0.2, 0) is 14.8 Å². The average Bonchev–Trinajstić information content (AvgIpc) is 2.57. The molecule has 0 saturated heterocycles. The van der Waals surface area contributed by atoms with Gasteiger partial charge in [-0.3, -0.25) is 4.31 Å². The Labute approximate surface area is 147 Å². The van der Waals surface area contributed by atoms with Gasteiger partial charge in [0.05, 0.1) is 17.2 Å². The van der Waals surface area contributed by atoms with Crippen molar-refractivity contribution >= 4 is 21.7 Å². The number of carboxylic acid groups (broad SMARTS) is 1. The first kappa shape index (κ1) is 18.8. The Kier molecular flexibility index (Phi) is 5.69. The third-order valence-electron chi connectivity index (χ3n) is 3.69. The van der Waals surface area contributed by atoms with Gasteiger partial charge in [-0.05, 0) is 57.2 Å². The van der Waals surface area contributed by atoms with Crippen molar-refractivity contribution in [3.05, 3.63) is 54.1 Å². The van der Waals surface area contributed by atoms with Crippen molar-refractivity contribution in [1.29, 1.82) is 0 Å². The largest absolute Gasteiger partial charge is 0.494 e. The zero-order valence-corrected chi connectivity index (χ0v) is 15.2. The summed E-state index contributed by atoms with van der Waals surface area (Å²) < 4.78 is 32.3. The van der Waals surface area contributed by atoms with Crippen molar-refractivity contribution in [2.45, 2.75) is 31.7 Å². The Morgan fingerprint density at radius 2 is 1.68 bits per heavy atom. The number of aliphatic carboxylic acids is 1. The fourth-order valence-electron chi connectivity index (χ4n) is 2.35. The van der Waals surface area contributed by atoms with Gasteiger partial charge in [0, 0.05) is 0 Å². The molecule has 2 aromatic carbocycles. The molecule has 0 amide bonds. The Morgan fingerprint density at radius 3 is 2.16 bits per heavy atom. The second-order valence-corrected chi connectivity index (χ2v) is 7.37. The molecule has 6 nitrogen and oxygen atoms in total. The zero-order chi connectivity index (χ0) is 18.6. The SMILES string of the molecule is CCOc1ccc(S(=O)(=O)N(c2ccc(C)cc2)C(C)C(=O)O)cc1. The van der Waals surface area contributed by atoms with Crippen molar-refractivity contribution in [2.75, 3.05) is 10.9 Å². The number of ether oxygens (including phenoxy) is 1. The highest BCUT2D eigenvalue weighted by atomic mass is 32.2. The molecule has 0 spiro atoms. The van der Waals surface area contributed by atoms with Crippen LogP contribution >= 0.6 is 0 Å². The van der Waals surface area contributed by atoms with E-state index in [-0.39, 0.29) is 4.90 Å². The first-order valence-corrected chi connectivity index (χ1v) is 9.28. The smallest absolute Gasteiger partial charge is 0.327 e. The lowest BCUT2D eigenvalue weighted by Gasteiger charge is -2.28. The van der Waals surface area contributed by atoms with Gasteiger partial charge in [0.2, 0.25) is 0 Å². The molecular formula is C18H21NO5S. The van der Waals surface area contributed by atoms with E-state index in [1.54, 1.807) is 36.4 Å². The van der Waals surface area contributed by atoms with Gasteiger partial charge in [-0.25, -0.2) is 13.2 Å². The maximum absolute atomic E-state index is 13.1. The molecule has 7 heteroatoms.